The van der Waals surface area contributed by atoms with Gasteiger partial charge in [-0.15, -0.1) is 0 Å². The first kappa shape index (κ1) is 15.7. The molecule has 19 heavy (non-hydrogen) atoms. The monoisotopic (exact) mass is 286 g/mol. The fraction of sp³-hybridized carbons (Fsp3) is 0.667. The van der Waals surface area contributed by atoms with Crippen molar-refractivity contribution >= 4 is 28.2 Å². The Bertz CT molecular complexity index is 420. The van der Waals surface area contributed by atoms with Crippen LogP contribution in [0.15, 0.2) is 0 Å². The van der Waals surface area contributed by atoms with Crippen molar-refractivity contribution in [3.05, 3.63) is 4.88 Å². The molecule has 1 rings (SSSR count). The molecule has 1 heterocycles. The summed E-state index contributed by atoms with van der Waals surface area (Å²) in [7, 11) is 3.75. The lowest BCUT2D eigenvalue weighted by atomic mass is 10.4. The van der Waals surface area contributed by atoms with Crippen LogP contribution >= 0.6 is 11.3 Å². The van der Waals surface area contributed by atoms with Crippen LogP contribution in [0.25, 0.3) is 0 Å². The number of amides is 1. The minimum Gasteiger partial charge on any atom is -0.382 e. The first-order chi connectivity index (χ1) is 9.01. The van der Waals surface area contributed by atoms with Gasteiger partial charge in [0.05, 0.1) is 6.61 Å². The van der Waals surface area contributed by atoms with Gasteiger partial charge in [-0.2, -0.15) is 0 Å². The first-order valence-corrected chi connectivity index (χ1v) is 7.13. The zero-order valence-corrected chi connectivity index (χ0v) is 12.8. The molecule has 0 spiro atoms. The van der Waals surface area contributed by atoms with Crippen molar-refractivity contribution in [2.75, 3.05) is 51.0 Å². The zero-order chi connectivity index (χ0) is 14.4. The summed E-state index contributed by atoms with van der Waals surface area (Å²) in [6.45, 7) is 6.25. The fourth-order valence-corrected chi connectivity index (χ4v) is 2.41. The zero-order valence-electron chi connectivity index (χ0n) is 12.0. The number of likely N-dealkylation sites (N-methyl/N-ethyl adjacent to an activating group) is 1. The van der Waals surface area contributed by atoms with Crippen LogP contribution in [0.5, 0.6) is 0 Å². The summed E-state index contributed by atoms with van der Waals surface area (Å²) in [5, 5.41) is 0.738. The number of hydrogen-bond acceptors (Lipinski definition) is 6. The molecule has 7 heteroatoms. The molecule has 0 unspecified atom stereocenters. The number of aromatic nitrogens is 1. The van der Waals surface area contributed by atoms with Crippen molar-refractivity contribution in [3.63, 3.8) is 0 Å². The number of rotatable bonds is 7. The van der Waals surface area contributed by atoms with Crippen LogP contribution in [0, 0.1) is 0 Å². The minimum absolute atomic E-state index is 0.0784. The molecule has 0 bridgehead atoms. The lowest BCUT2D eigenvalue weighted by Crippen LogP contribution is -2.33. The summed E-state index contributed by atoms with van der Waals surface area (Å²) < 4.78 is 5.28. The SMILES string of the molecule is CCOCCN(CC)C(=O)c1sc(N(C)C)nc1N. The maximum atomic E-state index is 12.4. The molecule has 0 saturated heterocycles. The summed E-state index contributed by atoms with van der Waals surface area (Å²) in [6, 6.07) is 0. The van der Waals surface area contributed by atoms with E-state index in [1.54, 1.807) is 4.90 Å². The third-order valence-corrected chi connectivity index (χ3v) is 3.82. The van der Waals surface area contributed by atoms with Gasteiger partial charge < -0.3 is 20.3 Å². The van der Waals surface area contributed by atoms with E-state index in [0.29, 0.717) is 37.0 Å². The van der Waals surface area contributed by atoms with Crippen LogP contribution in [0.1, 0.15) is 23.5 Å². The predicted octanol–water partition coefficient (Wildman–Crippen LogP) is 1.29. The molecule has 0 atom stereocenters. The third kappa shape index (κ3) is 4.07. The van der Waals surface area contributed by atoms with Crippen molar-refractivity contribution in [2.45, 2.75) is 13.8 Å². The Balaban J connectivity index is 2.79. The molecule has 0 fully saturated rings. The molecule has 0 saturated carbocycles. The Hall–Kier alpha value is -1.34. The van der Waals surface area contributed by atoms with E-state index in [0.717, 1.165) is 5.13 Å². The molecule has 1 amide bonds. The van der Waals surface area contributed by atoms with Crippen molar-refractivity contribution in [1.29, 1.82) is 0 Å². The van der Waals surface area contributed by atoms with Crippen LogP contribution in [0.4, 0.5) is 10.9 Å². The number of thiazole rings is 1. The van der Waals surface area contributed by atoms with Gasteiger partial charge in [-0.25, -0.2) is 4.98 Å². The highest BCUT2D eigenvalue weighted by atomic mass is 32.1. The molecule has 0 radical (unpaired) electrons. The van der Waals surface area contributed by atoms with E-state index in [-0.39, 0.29) is 5.91 Å². The van der Waals surface area contributed by atoms with Gasteiger partial charge in [0.15, 0.2) is 5.13 Å². The average molecular weight is 286 g/mol. The van der Waals surface area contributed by atoms with E-state index in [2.05, 4.69) is 4.98 Å². The van der Waals surface area contributed by atoms with E-state index < -0.39 is 0 Å². The van der Waals surface area contributed by atoms with E-state index in [4.69, 9.17) is 10.5 Å². The Kier molecular flexibility index (Phi) is 6.04. The topological polar surface area (TPSA) is 71.7 Å². The summed E-state index contributed by atoms with van der Waals surface area (Å²) >= 11 is 1.32. The molecule has 0 aliphatic heterocycles. The molecule has 6 nitrogen and oxygen atoms in total. The number of ether oxygens (including phenoxy) is 1. The second-order valence-electron chi connectivity index (χ2n) is 4.19. The maximum Gasteiger partial charge on any atom is 0.267 e. The van der Waals surface area contributed by atoms with Gasteiger partial charge in [-0.3, -0.25) is 4.79 Å². The Morgan fingerprint density at radius 1 is 1.42 bits per heavy atom. The quantitative estimate of drug-likeness (QED) is 0.765. The minimum atomic E-state index is -0.0784. The van der Waals surface area contributed by atoms with Gasteiger partial charge >= 0.3 is 0 Å². The van der Waals surface area contributed by atoms with Gasteiger partial charge in [-0.1, -0.05) is 11.3 Å². The van der Waals surface area contributed by atoms with Crippen molar-refractivity contribution in [3.8, 4) is 0 Å². The molecule has 1 aromatic rings. The second kappa shape index (κ2) is 7.30. The van der Waals surface area contributed by atoms with Gasteiger partial charge in [-0.05, 0) is 13.8 Å². The summed E-state index contributed by atoms with van der Waals surface area (Å²) in [6.07, 6.45) is 0. The fourth-order valence-electron chi connectivity index (χ4n) is 1.53. The van der Waals surface area contributed by atoms with Gasteiger partial charge in [0.2, 0.25) is 0 Å². The van der Waals surface area contributed by atoms with Crippen LogP contribution in [0.3, 0.4) is 0 Å². The van der Waals surface area contributed by atoms with Gasteiger partial charge in [0.1, 0.15) is 10.7 Å². The van der Waals surface area contributed by atoms with Crippen molar-refractivity contribution in [2.24, 2.45) is 0 Å². The molecule has 108 valence electrons. The number of carbonyl (C=O) groups excluding carboxylic acids is 1. The van der Waals surface area contributed by atoms with E-state index in [1.807, 2.05) is 32.8 Å². The van der Waals surface area contributed by atoms with Crippen LogP contribution < -0.4 is 10.6 Å². The maximum absolute atomic E-state index is 12.4. The number of nitrogen functional groups attached to an aromatic ring is 1. The number of carbonyl (C=O) groups is 1. The highest BCUT2D eigenvalue weighted by molar-refractivity contribution is 7.18. The number of nitrogens with two attached hydrogens (primary N) is 1. The van der Waals surface area contributed by atoms with Crippen LogP contribution in [-0.4, -0.2) is 56.2 Å². The Morgan fingerprint density at radius 2 is 2.11 bits per heavy atom. The standard InChI is InChI=1S/C12H22N4O2S/c1-5-16(7-8-18-6-2)11(17)9-10(13)14-12(19-9)15(3)4/h5-8,13H2,1-4H3. The molecule has 0 aromatic carbocycles. The van der Waals surface area contributed by atoms with E-state index >= 15 is 0 Å². The molecule has 2 N–H and O–H groups in total. The van der Waals surface area contributed by atoms with Crippen molar-refractivity contribution in [1.82, 2.24) is 9.88 Å². The second-order valence-corrected chi connectivity index (χ2v) is 5.16. The number of nitrogens with zero attached hydrogens (tertiary/aromatic N) is 3. The Morgan fingerprint density at radius 3 is 2.58 bits per heavy atom. The first-order valence-electron chi connectivity index (χ1n) is 6.31. The summed E-state index contributed by atoms with van der Waals surface area (Å²) in [4.78, 5) is 20.6. The molecule has 0 aliphatic rings. The summed E-state index contributed by atoms with van der Waals surface area (Å²) in [5.74, 6) is 0.221. The van der Waals surface area contributed by atoms with Crippen LogP contribution in [0.2, 0.25) is 0 Å². The summed E-state index contributed by atoms with van der Waals surface area (Å²) in [5.41, 5.74) is 5.82. The lowest BCUT2D eigenvalue weighted by Gasteiger charge is -2.19. The predicted molar refractivity (Wildman–Crippen MR) is 78.9 cm³/mol. The van der Waals surface area contributed by atoms with Crippen LogP contribution in [-0.2, 0) is 4.74 Å². The van der Waals surface area contributed by atoms with E-state index in [9.17, 15) is 4.79 Å². The van der Waals surface area contributed by atoms with Gasteiger partial charge in [0, 0.05) is 33.8 Å². The van der Waals surface area contributed by atoms with Crippen molar-refractivity contribution < 1.29 is 9.53 Å². The third-order valence-electron chi connectivity index (χ3n) is 2.60. The van der Waals surface area contributed by atoms with E-state index in [1.165, 1.54) is 11.3 Å². The number of hydrogen-bond donors (Lipinski definition) is 1. The largest absolute Gasteiger partial charge is 0.382 e. The molecule has 0 aliphatic carbocycles. The lowest BCUT2D eigenvalue weighted by molar-refractivity contribution is 0.0674. The molecular formula is C12H22N4O2S. The Labute approximate surface area is 118 Å². The van der Waals surface area contributed by atoms with Gasteiger partial charge in [0.25, 0.3) is 5.91 Å². The molecular weight excluding hydrogens is 264 g/mol. The smallest absolute Gasteiger partial charge is 0.267 e. The number of anilines is 2. The highest BCUT2D eigenvalue weighted by Gasteiger charge is 2.21. The molecule has 1 aromatic heterocycles. The average Bonchev–Trinajstić information content (AvgIpc) is 2.76. The highest BCUT2D eigenvalue weighted by Crippen LogP contribution is 2.27. The normalized spacial score (nSPS) is 10.5.